The molecule has 2 N–H and O–H groups in total. The second-order valence-corrected chi connectivity index (χ2v) is 8.35. The van der Waals surface area contributed by atoms with Crippen LogP contribution in [0, 0.1) is 0 Å². The van der Waals surface area contributed by atoms with Gasteiger partial charge >= 0.3 is 0 Å². The first-order chi connectivity index (χ1) is 15.3. The van der Waals surface area contributed by atoms with Gasteiger partial charge in [-0.1, -0.05) is 11.6 Å². The number of Topliss-reactive ketones (excluding diaryl/α,β-unsaturated/α-hetero) is 1. The summed E-state index contributed by atoms with van der Waals surface area (Å²) in [4.78, 5) is 28.9. The highest BCUT2D eigenvalue weighted by molar-refractivity contribution is 6.46. The minimum Gasteiger partial charge on any atom is -0.507 e. The van der Waals surface area contributed by atoms with Crippen molar-refractivity contribution in [3.63, 3.8) is 0 Å². The Balaban J connectivity index is 2.16. The predicted octanol–water partition coefficient (Wildman–Crippen LogP) is 2.31. The predicted molar refractivity (Wildman–Crippen MR) is 122 cm³/mol. The molecule has 1 heterocycles. The minimum absolute atomic E-state index is 0.0259. The Labute approximate surface area is 192 Å². The number of likely N-dealkylation sites (tertiary alicyclic amines) is 1. The van der Waals surface area contributed by atoms with E-state index in [9.17, 15) is 14.7 Å². The fourth-order valence-electron chi connectivity index (χ4n) is 3.84. The first-order valence-electron chi connectivity index (χ1n) is 10.3. The second kappa shape index (κ2) is 10.1. The molecule has 32 heavy (non-hydrogen) atoms. The SMILES string of the molecule is COc1ccc([C@H]2C(=C(O)c3ccc(Cl)cc3)C(=O)C(=O)N2CCC[NH+](C)C)c(OC)c1. The van der Waals surface area contributed by atoms with Gasteiger partial charge < -0.3 is 24.4 Å². The van der Waals surface area contributed by atoms with E-state index in [2.05, 4.69) is 0 Å². The second-order valence-electron chi connectivity index (χ2n) is 7.92. The molecule has 0 saturated carbocycles. The van der Waals surface area contributed by atoms with Gasteiger partial charge in [0.25, 0.3) is 11.7 Å². The van der Waals surface area contributed by atoms with Crippen LogP contribution in [-0.2, 0) is 9.59 Å². The van der Waals surface area contributed by atoms with Crippen LogP contribution in [0.5, 0.6) is 11.5 Å². The molecule has 1 aliphatic heterocycles. The molecule has 0 aliphatic carbocycles. The maximum Gasteiger partial charge on any atom is 0.295 e. The maximum atomic E-state index is 13.1. The highest BCUT2D eigenvalue weighted by atomic mass is 35.5. The van der Waals surface area contributed by atoms with Crippen LogP contribution in [0.3, 0.4) is 0 Å². The summed E-state index contributed by atoms with van der Waals surface area (Å²) >= 11 is 5.97. The third-order valence-corrected chi connectivity index (χ3v) is 5.72. The molecular weight excluding hydrogens is 432 g/mol. The van der Waals surface area contributed by atoms with Crippen LogP contribution in [0.15, 0.2) is 48.0 Å². The number of hydrogen-bond acceptors (Lipinski definition) is 5. The quantitative estimate of drug-likeness (QED) is 0.360. The maximum absolute atomic E-state index is 13.1. The van der Waals surface area contributed by atoms with Crippen molar-refractivity contribution < 1.29 is 29.1 Å². The number of aliphatic hydroxyl groups excluding tert-OH is 1. The Hall–Kier alpha value is -3.03. The van der Waals surface area contributed by atoms with Crippen LogP contribution in [-0.4, -0.2) is 63.1 Å². The van der Waals surface area contributed by atoms with Gasteiger partial charge in [0.05, 0.1) is 46.5 Å². The Morgan fingerprint density at radius 1 is 1.09 bits per heavy atom. The lowest BCUT2D eigenvalue weighted by Crippen LogP contribution is -3.05. The highest BCUT2D eigenvalue weighted by Crippen LogP contribution is 2.43. The number of aliphatic hydroxyl groups is 1. The Kier molecular flexibility index (Phi) is 7.43. The van der Waals surface area contributed by atoms with E-state index in [1.54, 1.807) is 49.6 Å². The third kappa shape index (κ3) is 4.74. The molecule has 170 valence electrons. The minimum atomic E-state index is -0.788. The van der Waals surface area contributed by atoms with E-state index in [4.69, 9.17) is 21.1 Å². The fourth-order valence-corrected chi connectivity index (χ4v) is 3.97. The topological polar surface area (TPSA) is 80.5 Å². The zero-order valence-electron chi connectivity index (χ0n) is 18.6. The number of nitrogens with one attached hydrogen (secondary N) is 1. The number of ether oxygens (including phenoxy) is 2. The van der Waals surface area contributed by atoms with Gasteiger partial charge in [-0.2, -0.15) is 0 Å². The number of amides is 1. The zero-order valence-corrected chi connectivity index (χ0v) is 19.4. The molecule has 2 aromatic carbocycles. The number of halogens is 1. The average molecular weight is 460 g/mol. The molecule has 0 radical (unpaired) electrons. The molecular formula is C24H28ClN2O5+. The summed E-state index contributed by atoms with van der Waals surface area (Å²) in [5.74, 6) is -0.573. The van der Waals surface area contributed by atoms with Gasteiger partial charge in [0.2, 0.25) is 0 Å². The normalized spacial score (nSPS) is 17.8. The van der Waals surface area contributed by atoms with E-state index in [1.807, 2.05) is 14.1 Å². The molecule has 0 aromatic heterocycles. The summed E-state index contributed by atoms with van der Waals surface area (Å²) in [6.45, 7) is 1.19. The first kappa shape index (κ1) is 23.6. The Morgan fingerprint density at radius 2 is 1.78 bits per heavy atom. The van der Waals surface area contributed by atoms with Crippen molar-refractivity contribution in [1.82, 2.24) is 4.90 Å². The van der Waals surface area contributed by atoms with Gasteiger partial charge in [-0.05, 0) is 36.4 Å². The van der Waals surface area contributed by atoms with Gasteiger partial charge in [-0.15, -0.1) is 0 Å². The van der Waals surface area contributed by atoms with Gasteiger partial charge in [0, 0.05) is 35.2 Å². The van der Waals surface area contributed by atoms with Crippen molar-refractivity contribution in [2.24, 2.45) is 0 Å². The molecule has 1 atom stereocenters. The Morgan fingerprint density at radius 3 is 2.38 bits per heavy atom. The smallest absolute Gasteiger partial charge is 0.295 e. The number of carbonyl (C=O) groups is 2. The molecule has 2 aromatic rings. The van der Waals surface area contributed by atoms with Crippen LogP contribution in [0.4, 0.5) is 0 Å². The number of nitrogens with zero attached hydrogens (tertiary/aromatic N) is 1. The third-order valence-electron chi connectivity index (χ3n) is 5.47. The summed E-state index contributed by atoms with van der Waals surface area (Å²) in [7, 11) is 7.11. The van der Waals surface area contributed by atoms with Gasteiger partial charge in [-0.3, -0.25) is 9.59 Å². The van der Waals surface area contributed by atoms with Crippen LogP contribution in [0.25, 0.3) is 5.76 Å². The lowest BCUT2D eigenvalue weighted by atomic mass is 9.94. The van der Waals surface area contributed by atoms with Crippen LogP contribution < -0.4 is 14.4 Å². The highest BCUT2D eigenvalue weighted by Gasteiger charge is 2.46. The van der Waals surface area contributed by atoms with E-state index in [0.29, 0.717) is 40.6 Å². The number of hydrogen-bond donors (Lipinski definition) is 2. The Bertz CT molecular complexity index is 1030. The monoisotopic (exact) mass is 459 g/mol. The van der Waals surface area contributed by atoms with Crippen molar-refractivity contribution in [2.45, 2.75) is 12.5 Å². The number of methoxy groups -OCH3 is 2. The van der Waals surface area contributed by atoms with Crippen molar-refractivity contribution in [2.75, 3.05) is 41.4 Å². The summed E-state index contributed by atoms with van der Waals surface area (Å²) < 4.78 is 10.8. The van der Waals surface area contributed by atoms with Gasteiger partial charge in [-0.25, -0.2) is 0 Å². The molecule has 7 nitrogen and oxygen atoms in total. The van der Waals surface area contributed by atoms with E-state index in [0.717, 1.165) is 6.54 Å². The molecule has 1 aliphatic rings. The molecule has 0 unspecified atom stereocenters. The fraction of sp³-hybridized carbons (Fsp3) is 0.333. The number of carbonyl (C=O) groups excluding carboxylic acids is 2. The van der Waals surface area contributed by atoms with Crippen molar-refractivity contribution in [1.29, 1.82) is 0 Å². The standard InChI is InChI=1S/C24H27ClN2O5/c1-26(2)12-5-13-27-21(18-11-10-17(31-3)14-19(18)32-4)20(23(29)24(27)30)22(28)15-6-8-16(25)9-7-15/h6-11,14,21,28H,5,12-13H2,1-4H3/p+1/t21-/m0/s1. The van der Waals surface area contributed by atoms with E-state index >= 15 is 0 Å². The molecule has 1 fully saturated rings. The zero-order chi connectivity index (χ0) is 23.4. The summed E-state index contributed by atoms with van der Waals surface area (Å²) in [6, 6.07) is 10.9. The van der Waals surface area contributed by atoms with E-state index in [-0.39, 0.29) is 11.3 Å². The van der Waals surface area contributed by atoms with Gasteiger partial charge in [0.15, 0.2) is 0 Å². The van der Waals surface area contributed by atoms with Crippen LogP contribution >= 0.6 is 11.6 Å². The van der Waals surface area contributed by atoms with Crippen LogP contribution in [0.1, 0.15) is 23.6 Å². The van der Waals surface area contributed by atoms with Crippen molar-refractivity contribution >= 4 is 29.1 Å². The first-order valence-corrected chi connectivity index (χ1v) is 10.7. The lowest BCUT2D eigenvalue weighted by Gasteiger charge is -2.27. The lowest BCUT2D eigenvalue weighted by molar-refractivity contribution is -0.858. The number of rotatable bonds is 8. The van der Waals surface area contributed by atoms with Crippen LogP contribution in [0.2, 0.25) is 5.02 Å². The number of ketones is 1. The molecule has 1 amide bonds. The largest absolute Gasteiger partial charge is 0.507 e. The molecule has 3 rings (SSSR count). The molecule has 1 saturated heterocycles. The van der Waals surface area contributed by atoms with E-state index in [1.165, 1.54) is 16.9 Å². The summed E-state index contributed by atoms with van der Waals surface area (Å²) in [5, 5.41) is 11.6. The van der Waals surface area contributed by atoms with Crippen molar-refractivity contribution in [3.05, 3.63) is 64.2 Å². The van der Waals surface area contributed by atoms with Gasteiger partial charge in [0.1, 0.15) is 17.3 Å². The van der Waals surface area contributed by atoms with Crippen molar-refractivity contribution in [3.8, 4) is 11.5 Å². The van der Waals surface area contributed by atoms with E-state index < -0.39 is 17.7 Å². The number of benzene rings is 2. The molecule has 0 spiro atoms. The average Bonchev–Trinajstić information content (AvgIpc) is 3.03. The summed E-state index contributed by atoms with van der Waals surface area (Å²) in [5.41, 5.74) is 1.03. The molecule has 8 heteroatoms. The summed E-state index contributed by atoms with van der Waals surface area (Å²) in [6.07, 6.45) is 0.700. The molecule has 0 bridgehead atoms. The number of quaternary nitrogens is 1.